The first-order valence-corrected chi connectivity index (χ1v) is 6.53. The van der Waals surface area contributed by atoms with E-state index in [9.17, 15) is 0 Å². The van der Waals surface area contributed by atoms with Crippen LogP contribution in [0.15, 0.2) is 30.5 Å². The zero-order chi connectivity index (χ0) is 11.5. The van der Waals surface area contributed by atoms with Crippen LogP contribution >= 0.6 is 22.9 Å². The molecule has 1 aromatic heterocycles. The van der Waals surface area contributed by atoms with Gasteiger partial charge in [0.05, 0.1) is 5.01 Å². The summed E-state index contributed by atoms with van der Waals surface area (Å²) in [6, 6.07) is 7.96. The summed E-state index contributed by atoms with van der Waals surface area (Å²) < 4.78 is 0. The van der Waals surface area contributed by atoms with Crippen LogP contribution in [0.2, 0.25) is 5.02 Å². The van der Waals surface area contributed by atoms with Gasteiger partial charge in [0, 0.05) is 22.5 Å². The summed E-state index contributed by atoms with van der Waals surface area (Å²) in [6.45, 7) is 4.38. The molecule has 0 aliphatic rings. The zero-order valence-corrected chi connectivity index (χ0v) is 11.0. The first-order chi connectivity index (χ1) is 7.65. The summed E-state index contributed by atoms with van der Waals surface area (Å²) in [6.07, 6.45) is 2.85. The van der Waals surface area contributed by atoms with Gasteiger partial charge in [0.25, 0.3) is 0 Å². The molecule has 0 atom stereocenters. The highest BCUT2D eigenvalue weighted by Crippen LogP contribution is 2.24. The van der Waals surface area contributed by atoms with Gasteiger partial charge in [0.2, 0.25) is 0 Å². The van der Waals surface area contributed by atoms with Gasteiger partial charge < -0.3 is 0 Å². The number of thiazole rings is 1. The highest BCUT2D eigenvalue weighted by Gasteiger charge is 2.06. The fraction of sp³-hybridized carbons (Fsp3) is 0.308. The molecule has 0 N–H and O–H groups in total. The van der Waals surface area contributed by atoms with E-state index in [2.05, 4.69) is 24.9 Å². The maximum absolute atomic E-state index is 5.95. The van der Waals surface area contributed by atoms with Crippen LogP contribution in [0.4, 0.5) is 0 Å². The van der Waals surface area contributed by atoms with Gasteiger partial charge in [0.1, 0.15) is 0 Å². The lowest BCUT2D eigenvalue weighted by Crippen LogP contribution is -1.85. The Labute approximate surface area is 105 Å². The van der Waals surface area contributed by atoms with Crippen LogP contribution in [0.1, 0.15) is 35.2 Å². The lowest BCUT2D eigenvalue weighted by Gasteiger charge is -1.99. The fourth-order valence-electron chi connectivity index (χ4n) is 1.49. The molecule has 1 nitrogen and oxygen atoms in total. The third kappa shape index (κ3) is 2.83. The number of hydrogen-bond donors (Lipinski definition) is 0. The predicted octanol–water partition coefficient (Wildman–Crippen LogP) is 4.51. The highest BCUT2D eigenvalue weighted by molar-refractivity contribution is 7.11. The Morgan fingerprint density at radius 1 is 1.38 bits per heavy atom. The van der Waals surface area contributed by atoms with Crippen molar-refractivity contribution >= 4 is 22.9 Å². The molecule has 16 heavy (non-hydrogen) atoms. The number of halogens is 1. The van der Waals surface area contributed by atoms with E-state index in [0.717, 1.165) is 16.5 Å². The van der Waals surface area contributed by atoms with E-state index in [-0.39, 0.29) is 0 Å². The molecule has 0 aliphatic carbocycles. The Morgan fingerprint density at radius 3 is 2.81 bits per heavy atom. The average Bonchev–Trinajstić information content (AvgIpc) is 2.66. The SMILES string of the molecule is CC(C)c1cnc(Cc2cccc(Cl)c2)s1. The van der Waals surface area contributed by atoms with Crippen LogP contribution in [0.3, 0.4) is 0 Å². The number of aromatic nitrogens is 1. The van der Waals surface area contributed by atoms with Crippen LogP contribution in [-0.2, 0) is 6.42 Å². The second-order valence-corrected chi connectivity index (χ2v) is 5.70. The van der Waals surface area contributed by atoms with Crippen molar-refractivity contribution in [2.24, 2.45) is 0 Å². The second kappa shape index (κ2) is 4.98. The normalized spacial score (nSPS) is 11.0. The van der Waals surface area contributed by atoms with Crippen LogP contribution in [0.5, 0.6) is 0 Å². The van der Waals surface area contributed by atoms with Crippen LogP contribution in [-0.4, -0.2) is 4.98 Å². The maximum Gasteiger partial charge on any atom is 0.0971 e. The topological polar surface area (TPSA) is 12.9 Å². The molecule has 0 bridgehead atoms. The van der Waals surface area contributed by atoms with E-state index in [1.807, 2.05) is 24.4 Å². The fourth-order valence-corrected chi connectivity index (χ4v) is 2.66. The third-order valence-corrected chi connectivity index (χ3v) is 3.92. The maximum atomic E-state index is 5.95. The molecule has 0 amide bonds. The average molecular weight is 252 g/mol. The summed E-state index contributed by atoms with van der Waals surface area (Å²) in [4.78, 5) is 5.78. The molecule has 84 valence electrons. The van der Waals surface area contributed by atoms with Gasteiger partial charge in [-0.25, -0.2) is 4.98 Å². The van der Waals surface area contributed by atoms with Gasteiger partial charge >= 0.3 is 0 Å². The van der Waals surface area contributed by atoms with E-state index in [1.54, 1.807) is 11.3 Å². The van der Waals surface area contributed by atoms with Crippen molar-refractivity contribution in [2.75, 3.05) is 0 Å². The zero-order valence-electron chi connectivity index (χ0n) is 9.40. The van der Waals surface area contributed by atoms with Crippen LogP contribution in [0, 0.1) is 0 Å². The minimum atomic E-state index is 0.561. The third-order valence-electron chi connectivity index (χ3n) is 2.38. The molecule has 0 radical (unpaired) electrons. The van der Waals surface area contributed by atoms with Crippen molar-refractivity contribution in [3.8, 4) is 0 Å². The summed E-state index contributed by atoms with van der Waals surface area (Å²) in [5, 5.41) is 1.95. The van der Waals surface area contributed by atoms with Gasteiger partial charge in [0.15, 0.2) is 0 Å². The first kappa shape index (κ1) is 11.6. The Kier molecular flexibility index (Phi) is 3.62. The lowest BCUT2D eigenvalue weighted by atomic mass is 10.2. The molecular weight excluding hydrogens is 238 g/mol. The summed E-state index contributed by atoms with van der Waals surface area (Å²) >= 11 is 7.74. The van der Waals surface area contributed by atoms with Gasteiger partial charge in [-0.15, -0.1) is 11.3 Å². The van der Waals surface area contributed by atoms with E-state index in [0.29, 0.717) is 5.92 Å². The molecular formula is C13H14ClNS. The van der Waals surface area contributed by atoms with E-state index in [4.69, 9.17) is 11.6 Å². The minimum Gasteiger partial charge on any atom is -0.249 e. The largest absolute Gasteiger partial charge is 0.249 e. The van der Waals surface area contributed by atoms with Gasteiger partial charge in [-0.1, -0.05) is 37.6 Å². The molecule has 0 saturated heterocycles. The minimum absolute atomic E-state index is 0.561. The molecule has 0 spiro atoms. The van der Waals surface area contributed by atoms with E-state index in [1.165, 1.54) is 10.4 Å². The van der Waals surface area contributed by atoms with Gasteiger partial charge in [-0.2, -0.15) is 0 Å². The van der Waals surface area contributed by atoms with E-state index >= 15 is 0 Å². The Balaban J connectivity index is 2.14. The Hall–Kier alpha value is -0.860. The molecule has 0 fully saturated rings. The van der Waals surface area contributed by atoms with Gasteiger partial charge in [-0.3, -0.25) is 0 Å². The summed E-state index contributed by atoms with van der Waals surface area (Å²) in [5.74, 6) is 0.561. The van der Waals surface area contributed by atoms with Crippen LogP contribution in [0.25, 0.3) is 0 Å². The summed E-state index contributed by atoms with van der Waals surface area (Å²) in [7, 11) is 0. The molecule has 3 heteroatoms. The van der Waals surface area contributed by atoms with Crippen molar-refractivity contribution < 1.29 is 0 Å². The smallest absolute Gasteiger partial charge is 0.0971 e. The highest BCUT2D eigenvalue weighted by atomic mass is 35.5. The quantitative estimate of drug-likeness (QED) is 0.782. The molecule has 1 aromatic carbocycles. The molecule has 0 saturated carbocycles. The van der Waals surface area contributed by atoms with Crippen molar-refractivity contribution in [1.82, 2.24) is 4.98 Å². The monoisotopic (exact) mass is 251 g/mol. The number of hydrogen-bond acceptors (Lipinski definition) is 2. The molecule has 2 aromatic rings. The van der Waals surface area contributed by atoms with Crippen molar-refractivity contribution in [1.29, 1.82) is 0 Å². The molecule has 2 rings (SSSR count). The molecule has 0 aliphatic heterocycles. The first-order valence-electron chi connectivity index (χ1n) is 5.34. The molecule has 1 heterocycles. The van der Waals surface area contributed by atoms with E-state index < -0.39 is 0 Å². The molecule has 0 unspecified atom stereocenters. The van der Waals surface area contributed by atoms with Crippen molar-refractivity contribution in [2.45, 2.75) is 26.2 Å². The second-order valence-electron chi connectivity index (χ2n) is 4.12. The Morgan fingerprint density at radius 2 is 2.19 bits per heavy atom. The lowest BCUT2D eigenvalue weighted by molar-refractivity contribution is 0.885. The van der Waals surface area contributed by atoms with Crippen molar-refractivity contribution in [3.63, 3.8) is 0 Å². The predicted molar refractivity (Wildman–Crippen MR) is 70.5 cm³/mol. The van der Waals surface area contributed by atoms with Crippen molar-refractivity contribution in [3.05, 3.63) is 50.9 Å². The standard InChI is InChI=1S/C13H14ClNS/c1-9(2)12-8-15-13(16-12)7-10-4-3-5-11(14)6-10/h3-6,8-9H,7H2,1-2H3. The number of nitrogens with zero attached hydrogens (tertiary/aromatic N) is 1. The van der Waals surface area contributed by atoms with Crippen LogP contribution < -0.4 is 0 Å². The number of rotatable bonds is 3. The number of benzene rings is 1. The Bertz CT molecular complexity index is 476. The summed E-state index contributed by atoms with van der Waals surface area (Å²) in [5.41, 5.74) is 1.22. The van der Waals surface area contributed by atoms with Gasteiger partial charge in [-0.05, 0) is 23.6 Å².